The lowest BCUT2D eigenvalue weighted by Gasteiger charge is -2.01. The molecule has 76 valence electrons. The van der Waals surface area contributed by atoms with Crippen molar-refractivity contribution >= 4 is 12.6 Å². The summed E-state index contributed by atoms with van der Waals surface area (Å²) in [6, 6.07) is 4.95. The Kier molecular flexibility index (Phi) is 4.06. The molecule has 0 aliphatic heterocycles. The number of hydrogen-bond donors (Lipinski definition) is 0. The number of nitrogens with zero attached hydrogens (tertiary/aromatic N) is 3. The molecule has 0 aliphatic carbocycles. The smallest absolute Gasteiger partial charge is 0.150 e. The van der Waals surface area contributed by atoms with Gasteiger partial charge in [0.25, 0.3) is 0 Å². The quantitative estimate of drug-likeness (QED) is 0.318. The zero-order valence-corrected chi connectivity index (χ0v) is 7.96. The summed E-state index contributed by atoms with van der Waals surface area (Å²) in [7, 11) is 0. The molecule has 0 aliphatic rings. The van der Waals surface area contributed by atoms with Crippen LogP contribution >= 0.6 is 0 Å². The Morgan fingerprint density at radius 3 is 2.60 bits per heavy atom. The molecule has 0 aromatic heterocycles. The topological polar surface area (TPSA) is 82.9 Å². The summed E-state index contributed by atoms with van der Waals surface area (Å²) in [6.45, 7) is 0.342. The largest absolute Gasteiger partial charge is 0.298 e. The summed E-state index contributed by atoms with van der Waals surface area (Å²) in [6.07, 6.45) is 1.84. The molecular formula is C10H9N3O2. The second-order valence-corrected chi connectivity index (χ2v) is 2.90. The van der Waals surface area contributed by atoms with Crippen LogP contribution in [0, 0.1) is 0 Å². The fourth-order valence-electron chi connectivity index (χ4n) is 1.21. The van der Waals surface area contributed by atoms with Crippen LogP contribution in [0.1, 0.15) is 26.3 Å². The van der Waals surface area contributed by atoms with Gasteiger partial charge in [0.1, 0.15) is 0 Å². The number of carbonyl (C=O) groups excluding carboxylic acids is 2. The molecule has 0 N–H and O–H groups in total. The van der Waals surface area contributed by atoms with E-state index in [0.29, 0.717) is 36.7 Å². The zero-order chi connectivity index (χ0) is 11.1. The third kappa shape index (κ3) is 2.93. The van der Waals surface area contributed by atoms with Crippen LogP contribution < -0.4 is 0 Å². The summed E-state index contributed by atoms with van der Waals surface area (Å²) < 4.78 is 0. The fraction of sp³-hybridized carbons (Fsp3) is 0.200. The van der Waals surface area contributed by atoms with Gasteiger partial charge in [-0.05, 0) is 23.6 Å². The maximum absolute atomic E-state index is 10.6. The molecule has 0 saturated carbocycles. The van der Waals surface area contributed by atoms with E-state index in [1.807, 2.05) is 0 Å². The van der Waals surface area contributed by atoms with Gasteiger partial charge in [-0.1, -0.05) is 17.2 Å². The Balaban J connectivity index is 2.87. The highest BCUT2D eigenvalue weighted by molar-refractivity contribution is 5.90. The summed E-state index contributed by atoms with van der Waals surface area (Å²) >= 11 is 0. The average molecular weight is 203 g/mol. The molecule has 0 saturated heterocycles. The van der Waals surface area contributed by atoms with E-state index in [4.69, 9.17) is 5.53 Å². The van der Waals surface area contributed by atoms with Gasteiger partial charge in [-0.15, -0.1) is 0 Å². The molecule has 5 heteroatoms. The highest BCUT2D eigenvalue weighted by Crippen LogP contribution is 2.09. The third-order valence-corrected chi connectivity index (χ3v) is 1.97. The van der Waals surface area contributed by atoms with E-state index in [2.05, 4.69) is 10.0 Å². The summed E-state index contributed by atoms with van der Waals surface area (Å²) in [4.78, 5) is 23.8. The lowest BCUT2D eigenvalue weighted by Crippen LogP contribution is -1.95. The van der Waals surface area contributed by atoms with Crippen LogP contribution in [0.4, 0.5) is 0 Å². The lowest BCUT2D eigenvalue weighted by molar-refractivity contribution is 0.109. The number of carbonyl (C=O) groups is 2. The van der Waals surface area contributed by atoms with Gasteiger partial charge in [-0.2, -0.15) is 0 Å². The molecule has 0 fully saturated rings. The lowest BCUT2D eigenvalue weighted by atomic mass is 10.0. The van der Waals surface area contributed by atoms with E-state index in [0.717, 1.165) is 5.56 Å². The number of rotatable bonds is 5. The molecule has 1 rings (SSSR count). The van der Waals surface area contributed by atoms with E-state index >= 15 is 0 Å². The SMILES string of the molecule is [N-]=[N+]=NCCc1ccc(C=O)c(C=O)c1. The van der Waals surface area contributed by atoms with Crippen LogP contribution in [0.15, 0.2) is 23.3 Å². The van der Waals surface area contributed by atoms with Gasteiger partial charge < -0.3 is 0 Å². The molecule has 0 atom stereocenters. The van der Waals surface area contributed by atoms with Crippen LogP contribution in [0.2, 0.25) is 0 Å². The number of benzene rings is 1. The van der Waals surface area contributed by atoms with E-state index in [1.54, 1.807) is 18.2 Å². The van der Waals surface area contributed by atoms with E-state index in [-0.39, 0.29) is 0 Å². The van der Waals surface area contributed by atoms with Gasteiger partial charge in [-0.25, -0.2) is 0 Å². The van der Waals surface area contributed by atoms with Crippen LogP contribution in [-0.2, 0) is 6.42 Å². The second-order valence-electron chi connectivity index (χ2n) is 2.90. The molecule has 0 heterocycles. The van der Waals surface area contributed by atoms with E-state index in [1.165, 1.54) is 0 Å². The standard InChI is InChI=1S/C10H9N3O2/c11-13-12-4-3-8-1-2-9(6-14)10(5-8)7-15/h1-2,5-7H,3-4H2. The highest BCUT2D eigenvalue weighted by Gasteiger charge is 2.01. The first kappa shape index (κ1) is 10.9. The average Bonchev–Trinajstić information content (AvgIpc) is 2.29. The van der Waals surface area contributed by atoms with Crippen LogP contribution in [0.5, 0.6) is 0 Å². The molecule has 0 amide bonds. The molecule has 0 spiro atoms. The predicted octanol–water partition coefficient (Wildman–Crippen LogP) is 2.16. The Labute approximate surface area is 86.3 Å². The predicted molar refractivity (Wildman–Crippen MR) is 54.9 cm³/mol. The van der Waals surface area contributed by atoms with Crippen LogP contribution in [0.3, 0.4) is 0 Å². The Hall–Kier alpha value is -2.13. The number of azide groups is 1. The van der Waals surface area contributed by atoms with Gasteiger partial charge in [0.05, 0.1) is 0 Å². The third-order valence-electron chi connectivity index (χ3n) is 1.97. The Bertz CT molecular complexity index is 423. The van der Waals surface area contributed by atoms with Crippen LogP contribution in [-0.4, -0.2) is 19.1 Å². The van der Waals surface area contributed by atoms with Crippen molar-refractivity contribution in [2.75, 3.05) is 6.54 Å². The van der Waals surface area contributed by atoms with Crippen molar-refractivity contribution in [1.82, 2.24) is 0 Å². The van der Waals surface area contributed by atoms with Crippen molar-refractivity contribution in [3.8, 4) is 0 Å². The molecule has 5 nitrogen and oxygen atoms in total. The van der Waals surface area contributed by atoms with Crippen LogP contribution in [0.25, 0.3) is 10.4 Å². The van der Waals surface area contributed by atoms with Gasteiger partial charge >= 0.3 is 0 Å². The summed E-state index contributed by atoms with van der Waals surface area (Å²) in [5.74, 6) is 0. The van der Waals surface area contributed by atoms with Crippen molar-refractivity contribution in [1.29, 1.82) is 0 Å². The zero-order valence-electron chi connectivity index (χ0n) is 7.96. The molecule has 0 bridgehead atoms. The second kappa shape index (κ2) is 5.57. The Morgan fingerprint density at radius 2 is 2.00 bits per heavy atom. The van der Waals surface area contributed by atoms with Gasteiger partial charge in [0, 0.05) is 22.6 Å². The van der Waals surface area contributed by atoms with Crippen molar-refractivity contribution in [2.45, 2.75) is 6.42 Å². The van der Waals surface area contributed by atoms with Crippen molar-refractivity contribution in [3.63, 3.8) is 0 Å². The number of aldehydes is 2. The Morgan fingerprint density at radius 1 is 1.27 bits per heavy atom. The molecule has 1 aromatic carbocycles. The molecule has 0 radical (unpaired) electrons. The summed E-state index contributed by atoms with van der Waals surface area (Å²) in [5, 5.41) is 3.39. The van der Waals surface area contributed by atoms with Gasteiger partial charge in [0.15, 0.2) is 12.6 Å². The first-order valence-corrected chi connectivity index (χ1v) is 4.36. The maximum Gasteiger partial charge on any atom is 0.150 e. The minimum absolute atomic E-state index is 0.342. The molecule has 0 unspecified atom stereocenters. The minimum Gasteiger partial charge on any atom is -0.298 e. The van der Waals surface area contributed by atoms with Crippen molar-refractivity contribution < 1.29 is 9.59 Å². The fourth-order valence-corrected chi connectivity index (χ4v) is 1.21. The summed E-state index contributed by atoms with van der Waals surface area (Å²) in [5.41, 5.74) is 9.69. The molecule has 15 heavy (non-hydrogen) atoms. The van der Waals surface area contributed by atoms with Crippen molar-refractivity contribution in [2.24, 2.45) is 5.11 Å². The number of hydrogen-bond acceptors (Lipinski definition) is 3. The molecule has 1 aromatic rings. The van der Waals surface area contributed by atoms with Gasteiger partial charge in [0.2, 0.25) is 0 Å². The van der Waals surface area contributed by atoms with E-state index in [9.17, 15) is 9.59 Å². The first-order valence-electron chi connectivity index (χ1n) is 4.36. The van der Waals surface area contributed by atoms with E-state index < -0.39 is 0 Å². The molecular weight excluding hydrogens is 194 g/mol. The van der Waals surface area contributed by atoms with Gasteiger partial charge in [-0.3, -0.25) is 9.59 Å². The highest BCUT2D eigenvalue weighted by atomic mass is 16.1. The minimum atomic E-state index is 0.342. The van der Waals surface area contributed by atoms with Crippen molar-refractivity contribution in [3.05, 3.63) is 45.3 Å². The first-order chi connectivity index (χ1) is 7.31. The monoisotopic (exact) mass is 203 g/mol. The normalized spacial score (nSPS) is 9.07. The maximum atomic E-state index is 10.6.